The van der Waals surface area contributed by atoms with Gasteiger partial charge in [0.1, 0.15) is 4.32 Å². The van der Waals surface area contributed by atoms with E-state index < -0.39 is 0 Å². The number of benzene rings is 2. The average molecular weight is 424 g/mol. The molecule has 0 aliphatic carbocycles. The first-order valence-corrected chi connectivity index (χ1v) is 10.4. The van der Waals surface area contributed by atoms with Gasteiger partial charge in [0.2, 0.25) is 5.91 Å². The zero-order chi connectivity index (χ0) is 20.5. The minimum atomic E-state index is -0.138. The van der Waals surface area contributed by atoms with Crippen LogP contribution in [0.3, 0.4) is 0 Å². The molecule has 0 aromatic heterocycles. The molecule has 0 saturated carbocycles. The molecule has 3 rings (SSSR count). The first-order valence-electron chi connectivity index (χ1n) is 9.20. The fraction of sp³-hybridized carbons (Fsp3) is 0.136. The van der Waals surface area contributed by atoms with Crippen LogP contribution < -0.4 is 10.9 Å². The summed E-state index contributed by atoms with van der Waals surface area (Å²) in [5.41, 5.74) is 7.38. The van der Waals surface area contributed by atoms with Crippen LogP contribution in [-0.2, 0) is 9.59 Å². The lowest BCUT2D eigenvalue weighted by Gasteiger charge is -2.14. The van der Waals surface area contributed by atoms with E-state index in [1.165, 1.54) is 11.8 Å². The summed E-state index contributed by atoms with van der Waals surface area (Å²) >= 11 is 6.61. The molecule has 2 aromatic rings. The van der Waals surface area contributed by atoms with Gasteiger partial charge in [-0.1, -0.05) is 84.7 Å². The number of thioether (sulfide) groups is 1. The number of allylic oxidation sites excluding steroid dienone is 2. The maximum atomic E-state index is 12.5. The van der Waals surface area contributed by atoms with Crippen molar-refractivity contribution in [3.8, 4) is 0 Å². The number of nitrogens with zero attached hydrogens (tertiary/aromatic N) is 1. The average Bonchev–Trinajstić information content (AvgIpc) is 3.01. The van der Waals surface area contributed by atoms with Crippen molar-refractivity contribution < 1.29 is 9.59 Å². The lowest BCUT2D eigenvalue weighted by molar-refractivity contribution is -0.123. The summed E-state index contributed by atoms with van der Waals surface area (Å²) in [4.78, 5) is 26.7. The minimum Gasteiger partial charge on any atom is -0.299 e. The third-order valence-corrected chi connectivity index (χ3v) is 5.51. The molecule has 5 nitrogen and oxygen atoms in total. The number of nitrogens with one attached hydrogen (secondary N) is 2. The molecule has 0 radical (unpaired) electrons. The Labute approximate surface area is 179 Å². The smallest absolute Gasteiger partial charge is 0.266 e. The summed E-state index contributed by atoms with van der Waals surface area (Å²) in [5.74, 6) is -0.249. The highest BCUT2D eigenvalue weighted by Gasteiger charge is 2.31. The van der Waals surface area contributed by atoms with Crippen LogP contribution in [0.1, 0.15) is 18.4 Å². The normalized spacial score (nSPS) is 15.3. The summed E-state index contributed by atoms with van der Waals surface area (Å²) in [7, 11) is 0. The van der Waals surface area contributed by atoms with Gasteiger partial charge in [0, 0.05) is 13.0 Å². The van der Waals surface area contributed by atoms with Crippen LogP contribution >= 0.6 is 24.0 Å². The Morgan fingerprint density at radius 1 is 1.07 bits per heavy atom. The van der Waals surface area contributed by atoms with Crippen molar-refractivity contribution in [1.82, 2.24) is 10.3 Å². The van der Waals surface area contributed by atoms with Crippen molar-refractivity contribution in [3.63, 3.8) is 0 Å². The monoisotopic (exact) mass is 423 g/mol. The van der Waals surface area contributed by atoms with Crippen molar-refractivity contribution in [2.24, 2.45) is 0 Å². The van der Waals surface area contributed by atoms with Crippen molar-refractivity contribution in [3.05, 3.63) is 83.3 Å². The zero-order valence-corrected chi connectivity index (χ0v) is 17.3. The number of carbonyl (C=O) groups is 2. The van der Waals surface area contributed by atoms with Crippen LogP contribution in [0.15, 0.2) is 77.7 Å². The van der Waals surface area contributed by atoms with E-state index in [0.717, 1.165) is 11.3 Å². The number of hydrogen-bond acceptors (Lipinski definition) is 5. The lowest BCUT2D eigenvalue weighted by atomic mass is 10.2. The highest BCUT2D eigenvalue weighted by molar-refractivity contribution is 8.26. The minimum absolute atomic E-state index is 0.111. The Bertz CT molecular complexity index is 928. The number of thiocarbonyl (C=S) groups is 1. The van der Waals surface area contributed by atoms with Gasteiger partial charge in [-0.2, -0.15) is 0 Å². The molecule has 29 heavy (non-hydrogen) atoms. The van der Waals surface area contributed by atoms with Crippen molar-refractivity contribution >= 4 is 51.9 Å². The Kier molecular flexibility index (Phi) is 7.61. The van der Waals surface area contributed by atoms with E-state index in [0.29, 0.717) is 28.6 Å². The van der Waals surface area contributed by atoms with Crippen LogP contribution in [0, 0.1) is 0 Å². The van der Waals surface area contributed by atoms with E-state index in [-0.39, 0.29) is 11.8 Å². The predicted octanol–water partition coefficient (Wildman–Crippen LogP) is 4.37. The third-order valence-electron chi connectivity index (χ3n) is 4.12. The molecule has 0 atom stereocenters. The van der Waals surface area contributed by atoms with Gasteiger partial charge in [0.25, 0.3) is 5.91 Å². The Balaban J connectivity index is 1.44. The molecule has 2 aromatic carbocycles. The number of rotatable bonds is 8. The maximum Gasteiger partial charge on any atom is 0.266 e. The van der Waals surface area contributed by atoms with Crippen LogP contribution in [-0.4, -0.2) is 27.6 Å². The number of para-hydroxylation sites is 1. The molecule has 2 amide bonds. The SMILES string of the molecule is O=C(CCCN1C(=O)/C(=C/C=C/c2ccccc2)SC1=S)NNc1ccccc1. The van der Waals surface area contributed by atoms with E-state index in [9.17, 15) is 9.59 Å². The van der Waals surface area contributed by atoms with E-state index in [1.807, 2.05) is 72.8 Å². The van der Waals surface area contributed by atoms with E-state index >= 15 is 0 Å². The van der Waals surface area contributed by atoms with Crippen molar-refractivity contribution in [1.29, 1.82) is 0 Å². The van der Waals surface area contributed by atoms with Gasteiger partial charge < -0.3 is 0 Å². The van der Waals surface area contributed by atoms with Crippen LogP contribution in [0.2, 0.25) is 0 Å². The Morgan fingerprint density at radius 2 is 1.76 bits per heavy atom. The molecule has 2 N–H and O–H groups in total. The molecule has 0 bridgehead atoms. The molecule has 7 heteroatoms. The third kappa shape index (κ3) is 6.30. The van der Waals surface area contributed by atoms with Crippen molar-refractivity contribution in [2.45, 2.75) is 12.8 Å². The molecule has 0 unspecified atom stereocenters. The summed E-state index contributed by atoms with van der Waals surface area (Å²) in [5, 5.41) is 0. The molecule has 1 heterocycles. The van der Waals surface area contributed by atoms with Gasteiger partial charge in [0.15, 0.2) is 0 Å². The number of carbonyl (C=O) groups excluding carboxylic acids is 2. The second-order valence-electron chi connectivity index (χ2n) is 6.27. The number of anilines is 1. The van der Waals surface area contributed by atoms with Gasteiger partial charge in [-0.25, -0.2) is 0 Å². The zero-order valence-electron chi connectivity index (χ0n) is 15.7. The van der Waals surface area contributed by atoms with Gasteiger partial charge in [-0.05, 0) is 30.2 Å². The molecule has 1 aliphatic rings. The maximum absolute atomic E-state index is 12.5. The highest BCUT2D eigenvalue weighted by atomic mass is 32.2. The summed E-state index contributed by atoms with van der Waals surface area (Å²) in [6.45, 7) is 0.420. The van der Waals surface area contributed by atoms with Gasteiger partial charge in [0.05, 0.1) is 10.6 Å². The van der Waals surface area contributed by atoms with E-state index in [1.54, 1.807) is 11.0 Å². The first kappa shape index (κ1) is 20.8. The number of hydrogen-bond donors (Lipinski definition) is 2. The fourth-order valence-corrected chi connectivity index (χ4v) is 3.90. The Morgan fingerprint density at radius 3 is 2.48 bits per heavy atom. The second-order valence-corrected chi connectivity index (χ2v) is 7.94. The molecule has 0 spiro atoms. The largest absolute Gasteiger partial charge is 0.299 e. The molecule has 148 valence electrons. The molecular weight excluding hydrogens is 402 g/mol. The standard InChI is InChI=1S/C22H21N3O2S2/c26-20(24-23-18-12-5-2-6-13-18)15-8-16-25-21(27)19(29-22(25)28)14-7-11-17-9-3-1-4-10-17/h1-7,9-14,23H,8,15-16H2,(H,24,26)/b11-7+,19-14-. The van der Waals surface area contributed by atoms with Crippen LogP contribution in [0.25, 0.3) is 6.08 Å². The van der Waals surface area contributed by atoms with Gasteiger partial charge >= 0.3 is 0 Å². The quantitative estimate of drug-likeness (QED) is 0.375. The van der Waals surface area contributed by atoms with Crippen LogP contribution in [0.5, 0.6) is 0 Å². The summed E-state index contributed by atoms with van der Waals surface area (Å²) in [6, 6.07) is 19.3. The summed E-state index contributed by atoms with van der Waals surface area (Å²) in [6.07, 6.45) is 6.40. The van der Waals surface area contributed by atoms with E-state index in [2.05, 4.69) is 10.9 Å². The predicted molar refractivity (Wildman–Crippen MR) is 123 cm³/mol. The van der Waals surface area contributed by atoms with Gasteiger partial charge in [-0.3, -0.25) is 25.3 Å². The lowest BCUT2D eigenvalue weighted by Crippen LogP contribution is -2.32. The molecule has 1 fully saturated rings. The van der Waals surface area contributed by atoms with E-state index in [4.69, 9.17) is 12.2 Å². The first-order chi connectivity index (χ1) is 14.1. The molecule has 1 saturated heterocycles. The summed E-state index contributed by atoms with van der Waals surface area (Å²) < 4.78 is 0.525. The number of amides is 2. The number of hydrazine groups is 1. The van der Waals surface area contributed by atoms with Crippen LogP contribution in [0.4, 0.5) is 5.69 Å². The highest BCUT2D eigenvalue weighted by Crippen LogP contribution is 2.31. The van der Waals surface area contributed by atoms with Gasteiger partial charge in [-0.15, -0.1) is 0 Å². The van der Waals surface area contributed by atoms with Crippen molar-refractivity contribution in [2.75, 3.05) is 12.0 Å². The molecular formula is C22H21N3O2S2. The molecule has 1 aliphatic heterocycles. The Hall–Kier alpha value is -2.90. The second kappa shape index (κ2) is 10.6. The fourth-order valence-electron chi connectivity index (χ4n) is 2.64. The topological polar surface area (TPSA) is 61.4 Å².